The molecule has 0 saturated carbocycles. The first-order valence-electron chi connectivity index (χ1n) is 5.54. The molecule has 0 amide bonds. The molecule has 0 fully saturated rings. The van der Waals surface area contributed by atoms with Crippen molar-refractivity contribution in [3.8, 4) is 11.3 Å². The monoisotopic (exact) mass is 367 g/mol. The van der Waals surface area contributed by atoms with Gasteiger partial charge in [0.2, 0.25) is 5.69 Å². The van der Waals surface area contributed by atoms with E-state index in [0.29, 0.717) is 0 Å². The number of aromatic nitrogens is 2. The summed E-state index contributed by atoms with van der Waals surface area (Å²) < 4.78 is 35.6. The molecule has 6 nitrogen and oxygen atoms in total. The second kappa shape index (κ2) is 6.66. The molecule has 8 heteroatoms. The Morgan fingerprint density at radius 3 is 2.00 bits per heavy atom. The number of hydrogen-bond donors (Lipinski definition) is 3. The maximum atomic E-state index is 8.83. The molecule has 0 atom stereocenters. The van der Waals surface area contributed by atoms with E-state index in [1.807, 2.05) is 0 Å². The first-order chi connectivity index (χ1) is 9.09. The van der Waals surface area contributed by atoms with Crippen molar-refractivity contribution in [2.45, 2.75) is 6.92 Å². The van der Waals surface area contributed by atoms with Crippen LogP contribution in [0.4, 0.5) is 0 Å². The Labute approximate surface area is 127 Å². The van der Waals surface area contributed by atoms with Gasteiger partial charge in [-0.05, 0) is 31.2 Å². The molecule has 0 saturated heterocycles. The number of nitrogens with zero attached hydrogens (tertiary/aromatic N) is 2. The van der Waals surface area contributed by atoms with Crippen LogP contribution < -0.4 is 9.34 Å². The van der Waals surface area contributed by atoms with Crippen LogP contribution >= 0.6 is 15.9 Å². The normalized spacial score (nSPS) is 11.8. The van der Waals surface area contributed by atoms with Crippen molar-refractivity contribution < 1.29 is 33.6 Å². The summed E-state index contributed by atoms with van der Waals surface area (Å²) in [5, 5.41) is 0. The van der Waals surface area contributed by atoms with Crippen LogP contribution in [-0.4, -0.2) is 18.7 Å². The van der Waals surface area contributed by atoms with E-state index in [1.165, 1.54) is 17.0 Å². The second-order valence-corrected chi connectivity index (χ2v) is 5.94. The first kappa shape index (κ1) is 17.1. The van der Waals surface area contributed by atoms with Gasteiger partial charge in [-0.15, -0.1) is 4.68 Å². The first-order valence-corrected chi connectivity index (χ1v) is 7.66. The van der Waals surface area contributed by atoms with Gasteiger partial charge >= 0.3 is 28.9 Å². The van der Waals surface area contributed by atoms with Crippen LogP contribution in [0.2, 0.25) is 0 Å². The summed E-state index contributed by atoms with van der Waals surface area (Å²) in [6.07, 6.45) is 0. The minimum absolute atomic E-state index is 1.11. The molecule has 2 rings (SSSR count). The van der Waals surface area contributed by atoms with Crippen LogP contribution in [0.15, 0.2) is 34.8 Å². The van der Waals surface area contributed by atoms with E-state index in [9.17, 15) is 0 Å². The summed E-state index contributed by atoms with van der Waals surface area (Å²) in [5.41, 5.74) is 3.74. The summed E-state index contributed by atoms with van der Waals surface area (Å²) in [6, 6.07) is 10.6. The van der Waals surface area contributed by atoms with E-state index < -0.39 is 10.2 Å². The van der Waals surface area contributed by atoms with Gasteiger partial charge in [0.15, 0.2) is 7.05 Å². The van der Waals surface area contributed by atoms with Crippen molar-refractivity contribution in [1.82, 2.24) is 4.68 Å². The number of aryl methyl sites for hydroxylation is 1. The Balaban J connectivity index is 0.000000347. The standard InChI is InChI=1S/C12H14BrN2.ClH3O4/c1-9-8-12(15(3)14(9)2)10-4-6-11(13)7-5-10;2-1(3,4)5/h4-8H,1-3H3;2-4H/q+1;. The van der Waals surface area contributed by atoms with Crippen molar-refractivity contribution >= 4 is 15.9 Å². The molecule has 2 aromatic rings. The van der Waals surface area contributed by atoms with E-state index in [2.05, 4.69) is 76.6 Å². The predicted octanol–water partition coefficient (Wildman–Crippen LogP) is -0.272. The van der Waals surface area contributed by atoms with Crippen LogP contribution in [0.5, 0.6) is 0 Å². The van der Waals surface area contributed by atoms with E-state index in [-0.39, 0.29) is 0 Å². The Kier molecular flexibility index (Phi) is 5.69. The molecule has 1 aromatic carbocycles. The maximum absolute atomic E-state index is 8.83. The average Bonchev–Trinajstić information content (AvgIpc) is 2.56. The molecule has 0 aliphatic rings. The fourth-order valence-electron chi connectivity index (χ4n) is 1.67. The molecule has 20 heavy (non-hydrogen) atoms. The van der Waals surface area contributed by atoms with Crippen molar-refractivity contribution in [2.24, 2.45) is 14.1 Å². The summed E-state index contributed by atoms with van der Waals surface area (Å²) >= 11 is 3.44. The molecule has 0 bridgehead atoms. The van der Waals surface area contributed by atoms with Crippen LogP contribution in [0.3, 0.4) is 0 Å². The van der Waals surface area contributed by atoms with Crippen LogP contribution in [0.1, 0.15) is 5.69 Å². The van der Waals surface area contributed by atoms with E-state index in [1.54, 1.807) is 0 Å². The molecule has 0 aliphatic heterocycles. The summed E-state index contributed by atoms with van der Waals surface area (Å²) in [6.45, 7) is 2.11. The fourth-order valence-corrected chi connectivity index (χ4v) is 1.94. The molecular formula is C12H17BrClN2O4+. The molecule has 0 aliphatic carbocycles. The van der Waals surface area contributed by atoms with Gasteiger partial charge < -0.3 is 0 Å². The molecule has 3 N–H and O–H groups in total. The van der Waals surface area contributed by atoms with Crippen molar-refractivity contribution in [3.05, 3.63) is 40.5 Å². The third-order valence-electron chi connectivity index (χ3n) is 2.79. The van der Waals surface area contributed by atoms with Gasteiger partial charge in [-0.2, -0.15) is 4.68 Å². The summed E-state index contributed by atoms with van der Waals surface area (Å²) in [5.74, 6) is 0. The molecule has 0 unspecified atom stereocenters. The molecule has 1 heterocycles. The van der Waals surface area contributed by atoms with E-state index in [0.717, 1.165) is 4.47 Å². The average molecular weight is 369 g/mol. The summed E-state index contributed by atoms with van der Waals surface area (Å²) in [7, 11) is -0.0535. The van der Waals surface area contributed by atoms with Gasteiger partial charge in [0.05, 0.1) is 12.7 Å². The predicted molar refractivity (Wildman–Crippen MR) is 71.1 cm³/mol. The molecule has 0 spiro atoms. The minimum atomic E-state index is -4.19. The molecule has 0 radical (unpaired) electrons. The Hall–Kier alpha value is -0.960. The number of benzene rings is 1. The van der Waals surface area contributed by atoms with Crippen LogP contribution in [-0.2, 0) is 14.1 Å². The Bertz CT molecular complexity index is 572. The van der Waals surface area contributed by atoms with Crippen molar-refractivity contribution in [2.75, 3.05) is 0 Å². The molecule has 112 valence electrons. The number of rotatable bonds is 1. The number of hydrogen-bond acceptors (Lipinski definition) is 4. The zero-order valence-electron chi connectivity index (χ0n) is 11.3. The van der Waals surface area contributed by atoms with Crippen LogP contribution in [0.25, 0.3) is 11.3 Å². The van der Waals surface area contributed by atoms with E-state index in [4.69, 9.17) is 18.6 Å². The zero-order valence-corrected chi connectivity index (χ0v) is 13.6. The van der Waals surface area contributed by atoms with Gasteiger partial charge in [-0.3, -0.25) is 0 Å². The quantitative estimate of drug-likeness (QED) is 0.604. The Morgan fingerprint density at radius 2 is 1.65 bits per heavy atom. The van der Waals surface area contributed by atoms with E-state index >= 15 is 0 Å². The van der Waals surface area contributed by atoms with Crippen molar-refractivity contribution in [3.63, 3.8) is 0 Å². The molecular weight excluding hydrogens is 351 g/mol. The van der Waals surface area contributed by atoms with Crippen molar-refractivity contribution in [1.29, 1.82) is 0 Å². The van der Waals surface area contributed by atoms with Gasteiger partial charge in [-0.25, -0.2) is 0 Å². The van der Waals surface area contributed by atoms with Gasteiger partial charge in [0, 0.05) is 16.1 Å². The topological polar surface area (TPSA) is 92.6 Å². The van der Waals surface area contributed by atoms with Gasteiger partial charge in [0.25, 0.3) is 0 Å². The molecule has 1 aromatic heterocycles. The zero-order chi connectivity index (χ0) is 15.5. The SMILES string of the molecule is Cc1cc(-c2ccc(Br)cc2)[n+](C)n1C.[O-][Cl+](O)(O)O. The Morgan fingerprint density at radius 1 is 1.20 bits per heavy atom. The fraction of sp³-hybridized carbons (Fsp3) is 0.250. The third-order valence-corrected chi connectivity index (χ3v) is 3.32. The van der Waals surface area contributed by atoms with Gasteiger partial charge in [-0.1, -0.05) is 15.9 Å². The third kappa shape index (κ3) is 5.20. The second-order valence-electron chi connectivity index (χ2n) is 4.16. The van der Waals surface area contributed by atoms with Crippen LogP contribution in [0, 0.1) is 17.2 Å². The number of halogens is 2. The van der Waals surface area contributed by atoms with Gasteiger partial charge in [0.1, 0.15) is 0 Å². The summed E-state index contributed by atoms with van der Waals surface area (Å²) in [4.78, 5) is 0.